The van der Waals surface area contributed by atoms with E-state index in [0.29, 0.717) is 37.4 Å². The molecule has 1 aromatic heterocycles. The Morgan fingerprint density at radius 3 is 2.52 bits per heavy atom. The van der Waals surface area contributed by atoms with Crippen LogP contribution in [0, 0.1) is 11.6 Å². The van der Waals surface area contributed by atoms with Gasteiger partial charge >= 0.3 is 0 Å². The molecule has 1 saturated heterocycles. The van der Waals surface area contributed by atoms with Crippen molar-refractivity contribution in [3.63, 3.8) is 0 Å². The molecular formula is C14H15F2N3O3S. The number of hydrogen-bond donors (Lipinski definition) is 0. The van der Waals surface area contributed by atoms with Crippen LogP contribution in [0.2, 0.25) is 0 Å². The van der Waals surface area contributed by atoms with Crippen LogP contribution >= 0.6 is 0 Å². The minimum atomic E-state index is -3.19. The van der Waals surface area contributed by atoms with E-state index in [9.17, 15) is 17.2 Å². The molecule has 0 saturated carbocycles. The van der Waals surface area contributed by atoms with Crippen LogP contribution in [0.25, 0.3) is 11.4 Å². The fourth-order valence-corrected chi connectivity index (χ4v) is 3.46. The van der Waals surface area contributed by atoms with Crippen LogP contribution in [-0.2, 0) is 10.0 Å². The second-order valence-corrected chi connectivity index (χ2v) is 7.50. The van der Waals surface area contributed by atoms with E-state index in [1.807, 2.05) is 0 Å². The molecule has 3 rings (SSSR count). The van der Waals surface area contributed by atoms with Crippen molar-refractivity contribution in [3.8, 4) is 11.4 Å². The van der Waals surface area contributed by atoms with Crippen molar-refractivity contribution >= 4 is 10.0 Å². The molecule has 0 radical (unpaired) electrons. The van der Waals surface area contributed by atoms with E-state index in [4.69, 9.17) is 4.52 Å². The summed E-state index contributed by atoms with van der Waals surface area (Å²) < 4.78 is 55.8. The van der Waals surface area contributed by atoms with E-state index in [2.05, 4.69) is 10.1 Å². The van der Waals surface area contributed by atoms with E-state index in [1.165, 1.54) is 16.6 Å². The lowest BCUT2D eigenvalue weighted by Gasteiger charge is -2.28. The Morgan fingerprint density at radius 1 is 1.22 bits per heavy atom. The first kappa shape index (κ1) is 16.0. The van der Waals surface area contributed by atoms with Gasteiger partial charge in [-0.05, 0) is 31.0 Å². The third-order valence-electron chi connectivity index (χ3n) is 3.89. The molecule has 1 aliphatic heterocycles. The zero-order chi connectivity index (χ0) is 16.6. The number of benzene rings is 1. The SMILES string of the molecule is CS(=O)(=O)N1CCC(c2nc(-c3ccc(F)c(F)c3)no2)CC1. The summed E-state index contributed by atoms with van der Waals surface area (Å²) in [6.07, 6.45) is 2.33. The van der Waals surface area contributed by atoms with Crippen LogP contribution in [-0.4, -0.2) is 42.2 Å². The van der Waals surface area contributed by atoms with Gasteiger partial charge in [0.15, 0.2) is 11.6 Å². The molecule has 1 aliphatic rings. The molecule has 0 amide bonds. The largest absolute Gasteiger partial charge is 0.339 e. The first-order valence-corrected chi connectivity index (χ1v) is 8.93. The minimum Gasteiger partial charge on any atom is -0.339 e. The Labute approximate surface area is 132 Å². The van der Waals surface area contributed by atoms with Crippen molar-refractivity contribution in [2.24, 2.45) is 0 Å². The molecule has 0 bridgehead atoms. The van der Waals surface area contributed by atoms with Gasteiger partial charge in [-0.3, -0.25) is 0 Å². The monoisotopic (exact) mass is 343 g/mol. The Kier molecular flexibility index (Phi) is 4.15. The van der Waals surface area contributed by atoms with E-state index in [-0.39, 0.29) is 11.7 Å². The minimum absolute atomic E-state index is 0.0421. The maximum Gasteiger partial charge on any atom is 0.230 e. The first-order chi connectivity index (χ1) is 10.8. The van der Waals surface area contributed by atoms with Gasteiger partial charge in [0.1, 0.15) is 0 Å². The summed E-state index contributed by atoms with van der Waals surface area (Å²) >= 11 is 0. The third-order valence-corrected chi connectivity index (χ3v) is 5.19. The Bertz CT molecular complexity index is 814. The summed E-state index contributed by atoms with van der Waals surface area (Å²) in [4.78, 5) is 4.23. The second-order valence-electron chi connectivity index (χ2n) is 5.52. The smallest absolute Gasteiger partial charge is 0.230 e. The topological polar surface area (TPSA) is 76.3 Å². The lowest BCUT2D eigenvalue weighted by Crippen LogP contribution is -2.37. The Balaban J connectivity index is 1.74. The average Bonchev–Trinajstić information content (AvgIpc) is 2.99. The standard InChI is InChI=1S/C14H15F2N3O3S/c1-23(20,21)19-6-4-9(5-7-19)14-17-13(18-22-14)10-2-3-11(15)12(16)8-10/h2-3,8-9H,4-7H2,1H3. The maximum absolute atomic E-state index is 13.3. The van der Waals surface area contributed by atoms with E-state index >= 15 is 0 Å². The van der Waals surface area contributed by atoms with E-state index < -0.39 is 21.7 Å². The van der Waals surface area contributed by atoms with Crippen LogP contribution < -0.4 is 0 Å². The van der Waals surface area contributed by atoms with E-state index in [1.54, 1.807) is 0 Å². The Morgan fingerprint density at radius 2 is 1.91 bits per heavy atom. The molecule has 0 spiro atoms. The maximum atomic E-state index is 13.3. The number of hydrogen-bond acceptors (Lipinski definition) is 5. The van der Waals surface area contributed by atoms with Gasteiger partial charge in [0, 0.05) is 24.6 Å². The molecule has 0 unspecified atom stereocenters. The molecule has 9 heteroatoms. The van der Waals surface area contributed by atoms with Gasteiger partial charge in [-0.25, -0.2) is 21.5 Å². The Hall–Kier alpha value is -1.87. The molecule has 2 heterocycles. The number of sulfonamides is 1. The number of nitrogens with zero attached hydrogens (tertiary/aromatic N) is 3. The first-order valence-electron chi connectivity index (χ1n) is 7.09. The van der Waals surface area contributed by atoms with Crippen molar-refractivity contribution in [3.05, 3.63) is 35.7 Å². The predicted octanol–water partition coefficient (Wildman–Crippen LogP) is 2.15. The van der Waals surface area contributed by atoms with Gasteiger partial charge < -0.3 is 4.52 Å². The van der Waals surface area contributed by atoms with Crippen molar-refractivity contribution in [2.75, 3.05) is 19.3 Å². The molecule has 23 heavy (non-hydrogen) atoms. The van der Waals surface area contributed by atoms with Crippen molar-refractivity contribution in [1.82, 2.24) is 14.4 Å². The van der Waals surface area contributed by atoms with Crippen LogP contribution in [0.5, 0.6) is 0 Å². The van der Waals surface area contributed by atoms with Crippen LogP contribution in [0.1, 0.15) is 24.7 Å². The zero-order valence-corrected chi connectivity index (χ0v) is 13.2. The van der Waals surface area contributed by atoms with Crippen molar-refractivity contribution in [1.29, 1.82) is 0 Å². The molecule has 124 valence electrons. The van der Waals surface area contributed by atoms with E-state index in [0.717, 1.165) is 12.1 Å². The van der Waals surface area contributed by atoms with Gasteiger partial charge in [0.2, 0.25) is 21.7 Å². The fraction of sp³-hybridized carbons (Fsp3) is 0.429. The second kappa shape index (κ2) is 5.97. The predicted molar refractivity (Wildman–Crippen MR) is 78.0 cm³/mol. The molecule has 2 aromatic rings. The number of aromatic nitrogens is 2. The van der Waals surface area contributed by atoms with Crippen LogP contribution in [0.4, 0.5) is 8.78 Å². The quantitative estimate of drug-likeness (QED) is 0.853. The summed E-state index contributed by atoms with van der Waals surface area (Å²) in [5.74, 6) is -1.39. The van der Waals surface area contributed by atoms with Gasteiger partial charge in [-0.2, -0.15) is 4.98 Å². The molecule has 1 aromatic carbocycles. The van der Waals surface area contributed by atoms with Gasteiger partial charge in [0.05, 0.1) is 6.26 Å². The van der Waals surface area contributed by atoms with Crippen LogP contribution in [0.15, 0.2) is 22.7 Å². The molecule has 1 fully saturated rings. The summed E-state index contributed by atoms with van der Waals surface area (Å²) in [6, 6.07) is 3.39. The highest BCUT2D eigenvalue weighted by Gasteiger charge is 2.29. The molecule has 0 N–H and O–H groups in total. The lowest BCUT2D eigenvalue weighted by atomic mass is 9.98. The number of rotatable bonds is 3. The lowest BCUT2D eigenvalue weighted by molar-refractivity contribution is 0.271. The average molecular weight is 343 g/mol. The highest BCUT2D eigenvalue weighted by Crippen LogP contribution is 2.29. The molecular weight excluding hydrogens is 328 g/mol. The van der Waals surface area contributed by atoms with Gasteiger partial charge in [-0.1, -0.05) is 5.16 Å². The molecule has 6 nitrogen and oxygen atoms in total. The summed E-state index contributed by atoms with van der Waals surface area (Å²) in [5.41, 5.74) is 0.326. The highest BCUT2D eigenvalue weighted by molar-refractivity contribution is 7.88. The van der Waals surface area contributed by atoms with Gasteiger partial charge in [0.25, 0.3) is 0 Å². The normalized spacial score (nSPS) is 17.5. The summed E-state index contributed by atoms with van der Waals surface area (Å²) in [6.45, 7) is 0.790. The van der Waals surface area contributed by atoms with Crippen molar-refractivity contribution in [2.45, 2.75) is 18.8 Å². The highest BCUT2D eigenvalue weighted by atomic mass is 32.2. The fourth-order valence-electron chi connectivity index (χ4n) is 2.59. The molecule has 0 aliphatic carbocycles. The van der Waals surface area contributed by atoms with Gasteiger partial charge in [-0.15, -0.1) is 0 Å². The number of halogens is 2. The number of piperidine rings is 1. The zero-order valence-electron chi connectivity index (χ0n) is 12.4. The van der Waals surface area contributed by atoms with Crippen LogP contribution in [0.3, 0.4) is 0 Å². The summed E-state index contributed by atoms with van der Waals surface area (Å²) in [5, 5.41) is 3.79. The summed E-state index contributed by atoms with van der Waals surface area (Å²) in [7, 11) is -3.19. The molecule has 0 atom stereocenters. The third kappa shape index (κ3) is 3.40. The van der Waals surface area contributed by atoms with Crippen molar-refractivity contribution < 1.29 is 21.7 Å².